The SMILES string of the molecule is CCCCOc1cccc([C@H](C)NCCC)c1. The van der Waals surface area contributed by atoms with Gasteiger partial charge in [-0.05, 0) is 44.0 Å². The van der Waals surface area contributed by atoms with Gasteiger partial charge in [0.2, 0.25) is 0 Å². The van der Waals surface area contributed by atoms with Gasteiger partial charge < -0.3 is 10.1 Å². The van der Waals surface area contributed by atoms with Crippen molar-refractivity contribution >= 4 is 0 Å². The molecule has 0 amide bonds. The molecule has 1 N–H and O–H groups in total. The monoisotopic (exact) mass is 235 g/mol. The zero-order valence-corrected chi connectivity index (χ0v) is 11.3. The normalized spacial score (nSPS) is 12.4. The molecule has 0 spiro atoms. The van der Waals surface area contributed by atoms with Gasteiger partial charge in [-0.2, -0.15) is 0 Å². The molecule has 0 radical (unpaired) electrons. The molecule has 0 aromatic heterocycles. The first-order valence-electron chi connectivity index (χ1n) is 6.74. The molecule has 0 bridgehead atoms. The van der Waals surface area contributed by atoms with E-state index < -0.39 is 0 Å². The molecule has 0 saturated heterocycles. The number of ether oxygens (including phenoxy) is 1. The van der Waals surface area contributed by atoms with E-state index in [0.29, 0.717) is 6.04 Å². The van der Waals surface area contributed by atoms with Crippen molar-refractivity contribution in [1.82, 2.24) is 5.32 Å². The summed E-state index contributed by atoms with van der Waals surface area (Å²) in [7, 11) is 0. The van der Waals surface area contributed by atoms with Gasteiger partial charge in [0, 0.05) is 6.04 Å². The van der Waals surface area contributed by atoms with E-state index in [1.54, 1.807) is 0 Å². The second kappa shape index (κ2) is 8.13. The Morgan fingerprint density at radius 2 is 2.06 bits per heavy atom. The first-order valence-corrected chi connectivity index (χ1v) is 6.74. The van der Waals surface area contributed by atoms with E-state index in [-0.39, 0.29) is 0 Å². The first kappa shape index (κ1) is 14.0. The van der Waals surface area contributed by atoms with Crippen LogP contribution in [0.5, 0.6) is 5.75 Å². The molecule has 0 aliphatic rings. The summed E-state index contributed by atoms with van der Waals surface area (Å²) in [6.45, 7) is 8.43. The Balaban J connectivity index is 2.52. The number of hydrogen-bond acceptors (Lipinski definition) is 2. The maximum atomic E-state index is 5.71. The summed E-state index contributed by atoms with van der Waals surface area (Å²) < 4.78 is 5.71. The van der Waals surface area contributed by atoms with Crippen LogP contribution >= 0.6 is 0 Å². The number of hydrogen-bond donors (Lipinski definition) is 1. The molecule has 0 unspecified atom stereocenters. The molecule has 1 aromatic rings. The predicted octanol–water partition coefficient (Wildman–Crippen LogP) is 3.93. The third-order valence-corrected chi connectivity index (χ3v) is 2.83. The molecule has 1 atom stereocenters. The van der Waals surface area contributed by atoms with Crippen LogP contribution in [-0.4, -0.2) is 13.2 Å². The van der Waals surface area contributed by atoms with Crippen molar-refractivity contribution in [2.75, 3.05) is 13.2 Å². The van der Waals surface area contributed by atoms with Crippen molar-refractivity contribution in [3.63, 3.8) is 0 Å². The largest absolute Gasteiger partial charge is 0.494 e. The molecular weight excluding hydrogens is 210 g/mol. The van der Waals surface area contributed by atoms with Gasteiger partial charge >= 0.3 is 0 Å². The van der Waals surface area contributed by atoms with Crippen LogP contribution in [0.3, 0.4) is 0 Å². The Morgan fingerprint density at radius 3 is 2.76 bits per heavy atom. The molecule has 0 aliphatic heterocycles. The van der Waals surface area contributed by atoms with E-state index in [0.717, 1.165) is 31.7 Å². The maximum Gasteiger partial charge on any atom is 0.119 e. The highest BCUT2D eigenvalue weighted by Gasteiger charge is 2.04. The number of unbranched alkanes of at least 4 members (excludes halogenated alkanes) is 1. The summed E-state index contributed by atoms with van der Waals surface area (Å²) in [6, 6.07) is 8.79. The van der Waals surface area contributed by atoms with Crippen molar-refractivity contribution in [3.8, 4) is 5.75 Å². The second-order valence-electron chi connectivity index (χ2n) is 4.45. The van der Waals surface area contributed by atoms with Crippen LogP contribution in [0.2, 0.25) is 0 Å². The standard InChI is InChI=1S/C15H25NO/c1-4-6-11-17-15-9-7-8-14(12-15)13(3)16-10-5-2/h7-9,12-13,16H,4-6,10-11H2,1-3H3/t13-/m0/s1. The third-order valence-electron chi connectivity index (χ3n) is 2.83. The topological polar surface area (TPSA) is 21.3 Å². The van der Waals surface area contributed by atoms with Gasteiger partial charge in [0.25, 0.3) is 0 Å². The predicted molar refractivity (Wildman–Crippen MR) is 73.6 cm³/mol. The lowest BCUT2D eigenvalue weighted by Crippen LogP contribution is -2.19. The van der Waals surface area contributed by atoms with Crippen LogP contribution in [0.1, 0.15) is 51.6 Å². The van der Waals surface area contributed by atoms with Gasteiger partial charge in [0.1, 0.15) is 5.75 Å². The zero-order valence-electron chi connectivity index (χ0n) is 11.3. The maximum absolute atomic E-state index is 5.71. The Labute approximate surface area is 105 Å². The van der Waals surface area contributed by atoms with Gasteiger partial charge in [0.05, 0.1) is 6.61 Å². The van der Waals surface area contributed by atoms with Crippen LogP contribution in [0, 0.1) is 0 Å². The van der Waals surface area contributed by atoms with Crippen molar-refractivity contribution < 1.29 is 4.74 Å². The summed E-state index contributed by atoms with van der Waals surface area (Å²) in [4.78, 5) is 0. The molecule has 0 aliphatic carbocycles. The van der Waals surface area contributed by atoms with Gasteiger partial charge in [-0.3, -0.25) is 0 Å². The van der Waals surface area contributed by atoms with Crippen LogP contribution in [-0.2, 0) is 0 Å². The highest BCUT2D eigenvalue weighted by molar-refractivity contribution is 5.30. The Kier molecular flexibility index (Phi) is 6.71. The molecule has 0 heterocycles. The average Bonchev–Trinajstić information content (AvgIpc) is 2.36. The van der Waals surface area contributed by atoms with Crippen molar-refractivity contribution in [3.05, 3.63) is 29.8 Å². The van der Waals surface area contributed by atoms with E-state index in [1.165, 1.54) is 12.0 Å². The summed E-state index contributed by atoms with van der Waals surface area (Å²) in [5.74, 6) is 0.987. The molecule has 0 fully saturated rings. The van der Waals surface area contributed by atoms with Crippen molar-refractivity contribution in [2.45, 2.75) is 46.1 Å². The van der Waals surface area contributed by atoms with Crippen LogP contribution in [0.15, 0.2) is 24.3 Å². The van der Waals surface area contributed by atoms with Crippen molar-refractivity contribution in [2.24, 2.45) is 0 Å². The fourth-order valence-electron chi connectivity index (χ4n) is 1.69. The number of nitrogens with one attached hydrogen (secondary N) is 1. The van der Waals surface area contributed by atoms with E-state index in [1.807, 2.05) is 6.07 Å². The van der Waals surface area contributed by atoms with E-state index in [4.69, 9.17) is 4.74 Å². The van der Waals surface area contributed by atoms with Gasteiger partial charge in [-0.25, -0.2) is 0 Å². The lowest BCUT2D eigenvalue weighted by Gasteiger charge is -2.15. The van der Waals surface area contributed by atoms with E-state index >= 15 is 0 Å². The van der Waals surface area contributed by atoms with E-state index in [2.05, 4.69) is 44.3 Å². The Morgan fingerprint density at radius 1 is 1.24 bits per heavy atom. The summed E-state index contributed by atoms with van der Waals surface area (Å²) in [6.07, 6.45) is 3.46. The highest BCUT2D eigenvalue weighted by atomic mass is 16.5. The molecule has 96 valence electrons. The van der Waals surface area contributed by atoms with Gasteiger partial charge in [0.15, 0.2) is 0 Å². The molecule has 0 saturated carbocycles. The zero-order chi connectivity index (χ0) is 12.5. The lowest BCUT2D eigenvalue weighted by molar-refractivity contribution is 0.309. The van der Waals surface area contributed by atoms with Gasteiger partial charge in [-0.15, -0.1) is 0 Å². The first-order chi connectivity index (χ1) is 8.27. The van der Waals surface area contributed by atoms with Crippen molar-refractivity contribution in [1.29, 1.82) is 0 Å². The molecule has 17 heavy (non-hydrogen) atoms. The quantitative estimate of drug-likeness (QED) is 0.689. The summed E-state index contributed by atoms with van der Waals surface area (Å²) >= 11 is 0. The average molecular weight is 235 g/mol. The Hall–Kier alpha value is -1.02. The number of benzene rings is 1. The third kappa shape index (κ3) is 5.22. The molecule has 1 aromatic carbocycles. The fraction of sp³-hybridized carbons (Fsp3) is 0.600. The molecule has 2 heteroatoms. The number of rotatable bonds is 8. The second-order valence-corrected chi connectivity index (χ2v) is 4.45. The highest BCUT2D eigenvalue weighted by Crippen LogP contribution is 2.19. The van der Waals surface area contributed by atoms with Crippen LogP contribution in [0.25, 0.3) is 0 Å². The van der Waals surface area contributed by atoms with Crippen LogP contribution in [0.4, 0.5) is 0 Å². The minimum atomic E-state index is 0.393. The lowest BCUT2D eigenvalue weighted by atomic mass is 10.1. The minimum absolute atomic E-state index is 0.393. The minimum Gasteiger partial charge on any atom is -0.494 e. The Bertz CT molecular complexity index is 312. The fourth-order valence-corrected chi connectivity index (χ4v) is 1.69. The molecule has 2 nitrogen and oxygen atoms in total. The molecule has 1 rings (SSSR count). The van der Waals surface area contributed by atoms with E-state index in [9.17, 15) is 0 Å². The summed E-state index contributed by atoms with van der Waals surface area (Å²) in [5, 5.41) is 3.49. The smallest absolute Gasteiger partial charge is 0.119 e. The summed E-state index contributed by atoms with van der Waals surface area (Å²) in [5.41, 5.74) is 1.30. The van der Waals surface area contributed by atoms with Crippen LogP contribution < -0.4 is 10.1 Å². The molecular formula is C15H25NO. The van der Waals surface area contributed by atoms with Gasteiger partial charge in [-0.1, -0.05) is 32.4 Å².